The summed E-state index contributed by atoms with van der Waals surface area (Å²) in [7, 11) is 1.73. The summed E-state index contributed by atoms with van der Waals surface area (Å²) in [5, 5.41) is 3.42. The number of benzene rings is 1. The van der Waals surface area contributed by atoms with Crippen LogP contribution in [0.4, 0.5) is 0 Å². The van der Waals surface area contributed by atoms with Crippen LogP contribution < -0.4 is 14.8 Å². The lowest BCUT2D eigenvalue weighted by molar-refractivity contribution is 0.254. The van der Waals surface area contributed by atoms with Crippen molar-refractivity contribution in [3.63, 3.8) is 0 Å². The highest BCUT2D eigenvalue weighted by Gasteiger charge is 2.21. The second-order valence-corrected chi connectivity index (χ2v) is 5.56. The summed E-state index contributed by atoms with van der Waals surface area (Å²) in [5.74, 6) is 3.11. The zero-order valence-electron chi connectivity index (χ0n) is 11.3. The van der Waals surface area contributed by atoms with Crippen LogP contribution in [0.2, 0.25) is 0 Å². The molecule has 0 fully saturated rings. The molecular weight excluding hydrogens is 246 g/mol. The van der Waals surface area contributed by atoms with E-state index in [-0.39, 0.29) is 6.10 Å². The predicted octanol–water partition coefficient (Wildman–Crippen LogP) is 2.47. The van der Waals surface area contributed by atoms with Crippen molar-refractivity contribution in [2.75, 3.05) is 25.7 Å². The molecule has 0 aliphatic carbocycles. The minimum absolute atomic E-state index is 0.282. The Morgan fingerprint density at radius 2 is 2.33 bits per heavy atom. The largest absolute Gasteiger partial charge is 0.496 e. The molecule has 1 atom stereocenters. The molecular formula is C14H21NO2S. The number of hydrogen-bond donors (Lipinski definition) is 1. The number of thioether (sulfide) groups is 1. The van der Waals surface area contributed by atoms with Crippen LogP contribution in [-0.4, -0.2) is 31.8 Å². The Balaban J connectivity index is 2.07. The van der Waals surface area contributed by atoms with Gasteiger partial charge in [0.05, 0.1) is 7.11 Å². The normalized spacial score (nSPS) is 17.4. The first-order valence-electron chi connectivity index (χ1n) is 6.30. The van der Waals surface area contributed by atoms with E-state index in [1.54, 1.807) is 7.11 Å². The summed E-state index contributed by atoms with van der Waals surface area (Å²) in [5.41, 5.74) is 2.43. The number of fused-ring (bicyclic) bond motifs is 1. The van der Waals surface area contributed by atoms with E-state index in [9.17, 15) is 0 Å². The van der Waals surface area contributed by atoms with Gasteiger partial charge in [0.25, 0.3) is 0 Å². The van der Waals surface area contributed by atoms with Crippen LogP contribution in [0.3, 0.4) is 0 Å². The molecule has 1 heterocycles. The number of ether oxygens (including phenoxy) is 2. The van der Waals surface area contributed by atoms with Crippen molar-refractivity contribution < 1.29 is 9.47 Å². The fourth-order valence-electron chi connectivity index (χ4n) is 2.21. The molecule has 0 amide bonds. The average Bonchev–Trinajstić information content (AvgIpc) is 2.72. The van der Waals surface area contributed by atoms with Crippen molar-refractivity contribution in [1.82, 2.24) is 5.32 Å². The fourth-order valence-corrected chi connectivity index (χ4v) is 2.56. The van der Waals surface area contributed by atoms with Crippen molar-refractivity contribution in [2.45, 2.75) is 26.0 Å². The lowest BCUT2D eigenvalue weighted by Gasteiger charge is -2.11. The van der Waals surface area contributed by atoms with Gasteiger partial charge in [0.15, 0.2) is 0 Å². The van der Waals surface area contributed by atoms with E-state index in [0.717, 1.165) is 36.8 Å². The van der Waals surface area contributed by atoms with Crippen molar-refractivity contribution in [2.24, 2.45) is 0 Å². The second kappa shape index (κ2) is 6.34. The molecule has 18 heavy (non-hydrogen) atoms. The zero-order chi connectivity index (χ0) is 13.0. The van der Waals surface area contributed by atoms with E-state index in [1.807, 2.05) is 11.8 Å². The Morgan fingerprint density at radius 3 is 3.06 bits per heavy atom. The maximum atomic E-state index is 5.79. The fraction of sp³-hybridized carbons (Fsp3) is 0.571. The first-order chi connectivity index (χ1) is 8.74. The van der Waals surface area contributed by atoms with E-state index < -0.39 is 0 Å². The molecule has 1 unspecified atom stereocenters. The molecule has 0 radical (unpaired) electrons. The molecule has 1 N–H and O–H groups in total. The van der Waals surface area contributed by atoms with Gasteiger partial charge in [-0.05, 0) is 25.3 Å². The highest BCUT2D eigenvalue weighted by Crippen LogP contribution is 2.34. The van der Waals surface area contributed by atoms with Crippen LogP contribution in [-0.2, 0) is 13.0 Å². The minimum Gasteiger partial charge on any atom is -0.496 e. The molecule has 4 heteroatoms. The monoisotopic (exact) mass is 267 g/mol. The van der Waals surface area contributed by atoms with Crippen molar-refractivity contribution in [3.05, 3.63) is 23.3 Å². The van der Waals surface area contributed by atoms with Gasteiger partial charge < -0.3 is 14.8 Å². The van der Waals surface area contributed by atoms with E-state index in [2.05, 4.69) is 30.6 Å². The zero-order valence-corrected chi connectivity index (χ0v) is 12.1. The Bertz CT molecular complexity index is 409. The van der Waals surface area contributed by atoms with Crippen LogP contribution in [0.5, 0.6) is 11.5 Å². The first kappa shape index (κ1) is 13.6. The van der Waals surface area contributed by atoms with Gasteiger partial charge in [-0.3, -0.25) is 0 Å². The number of rotatable bonds is 6. The lowest BCUT2D eigenvalue weighted by atomic mass is 10.1. The highest BCUT2D eigenvalue weighted by molar-refractivity contribution is 7.98. The molecule has 2 rings (SSSR count). The van der Waals surface area contributed by atoms with Crippen molar-refractivity contribution in [3.8, 4) is 11.5 Å². The Labute approximate surface area is 113 Å². The van der Waals surface area contributed by atoms with Crippen molar-refractivity contribution in [1.29, 1.82) is 0 Å². The maximum absolute atomic E-state index is 5.79. The Morgan fingerprint density at radius 1 is 1.50 bits per heavy atom. The lowest BCUT2D eigenvalue weighted by Crippen LogP contribution is -2.17. The molecule has 1 aromatic carbocycles. The molecule has 0 saturated heterocycles. The summed E-state index contributed by atoms with van der Waals surface area (Å²) in [6.07, 6.45) is 3.38. The van der Waals surface area contributed by atoms with Crippen LogP contribution in [0, 0.1) is 0 Å². The number of hydrogen-bond acceptors (Lipinski definition) is 4. The van der Waals surface area contributed by atoms with Gasteiger partial charge in [0.1, 0.15) is 17.6 Å². The standard InChI is InChI=1S/C14H21NO2S/c1-10-6-11-7-13(16-2)12(8-14(11)17-10)9-15-4-5-18-3/h7-8,10,15H,4-6,9H2,1-3H3. The summed E-state index contributed by atoms with van der Waals surface area (Å²) in [4.78, 5) is 0. The summed E-state index contributed by atoms with van der Waals surface area (Å²) in [6, 6.07) is 4.23. The van der Waals surface area contributed by atoms with Crippen LogP contribution >= 0.6 is 11.8 Å². The molecule has 0 aromatic heterocycles. The third kappa shape index (κ3) is 3.12. The third-order valence-corrected chi connectivity index (χ3v) is 3.71. The second-order valence-electron chi connectivity index (χ2n) is 4.57. The molecule has 1 aromatic rings. The van der Waals surface area contributed by atoms with Gasteiger partial charge in [-0.25, -0.2) is 0 Å². The topological polar surface area (TPSA) is 30.5 Å². The van der Waals surface area contributed by atoms with Crippen LogP contribution in [0.15, 0.2) is 12.1 Å². The van der Waals surface area contributed by atoms with Crippen LogP contribution in [0.1, 0.15) is 18.1 Å². The highest BCUT2D eigenvalue weighted by atomic mass is 32.2. The Hall–Kier alpha value is -0.870. The Kier molecular flexibility index (Phi) is 4.78. The first-order valence-corrected chi connectivity index (χ1v) is 7.70. The molecule has 100 valence electrons. The van der Waals surface area contributed by atoms with Gasteiger partial charge in [-0.15, -0.1) is 0 Å². The predicted molar refractivity (Wildman–Crippen MR) is 76.9 cm³/mol. The van der Waals surface area contributed by atoms with Crippen molar-refractivity contribution >= 4 is 11.8 Å². The van der Waals surface area contributed by atoms with Gasteiger partial charge >= 0.3 is 0 Å². The number of nitrogens with one attached hydrogen (secondary N) is 1. The smallest absolute Gasteiger partial charge is 0.123 e. The summed E-state index contributed by atoms with van der Waals surface area (Å²) in [6.45, 7) is 3.94. The van der Waals surface area contributed by atoms with Gasteiger partial charge in [-0.2, -0.15) is 11.8 Å². The third-order valence-electron chi connectivity index (χ3n) is 3.10. The molecule has 1 aliphatic rings. The molecule has 0 spiro atoms. The molecule has 1 aliphatic heterocycles. The summed E-state index contributed by atoms with van der Waals surface area (Å²) >= 11 is 1.85. The van der Waals surface area contributed by atoms with Crippen LogP contribution in [0.25, 0.3) is 0 Å². The molecule has 0 bridgehead atoms. The van der Waals surface area contributed by atoms with E-state index >= 15 is 0 Å². The van der Waals surface area contributed by atoms with E-state index in [1.165, 1.54) is 11.1 Å². The molecule has 3 nitrogen and oxygen atoms in total. The SMILES string of the molecule is COc1cc2c(cc1CNCCSC)OC(C)C2. The number of methoxy groups -OCH3 is 1. The van der Waals surface area contributed by atoms with Gasteiger partial charge in [0, 0.05) is 36.4 Å². The van der Waals surface area contributed by atoms with E-state index in [4.69, 9.17) is 9.47 Å². The average molecular weight is 267 g/mol. The van der Waals surface area contributed by atoms with Gasteiger partial charge in [-0.1, -0.05) is 0 Å². The van der Waals surface area contributed by atoms with E-state index in [0.29, 0.717) is 0 Å². The quantitative estimate of drug-likeness (QED) is 0.802. The molecule has 0 saturated carbocycles. The van der Waals surface area contributed by atoms with Gasteiger partial charge in [0.2, 0.25) is 0 Å². The maximum Gasteiger partial charge on any atom is 0.123 e. The summed E-state index contributed by atoms with van der Waals surface area (Å²) < 4.78 is 11.2. The minimum atomic E-state index is 0.282.